The second kappa shape index (κ2) is 45.6. The molecule has 0 saturated carbocycles. The molecule has 0 spiro atoms. The third-order valence-corrected chi connectivity index (χ3v) is 3.35. The number of hydrogen-bond donors (Lipinski definition) is 6. The van der Waals surface area contributed by atoms with Crippen molar-refractivity contribution >= 4 is 34.3 Å². The number of unbranched alkanes of at least 4 members (excludes halogenated alkanes) is 9. The van der Waals surface area contributed by atoms with Crippen molar-refractivity contribution in [2.75, 3.05) is 19.7 Å². The zero-order chi connectivity index (χ0) is 30.7. The molecule has 0 rings (SSSR count). The van der Waals surface area contributed by atoms with Gasteiger partial charge in [-0.15, -0.1) is 0 Å². The van der Waals surface area contributed by atoms with Gasteiger partial charge in [-0.05, 0) is 6.42 Å². The summed E-state index contributed by atoms with van der Waals surface area (Å²) in [5.41, 5.74) is 9.81. The van der Waals surface area contributed by atoms with Gasteiger partial charge in [0.1, 0.15) is 0 Å². The van der Waals surface area contributed by atoms with Crippen molar-refractivity contribution in [1.29, 1.82) is 0 Å². The molecule has 8 N–H and O–H groups in total. The van der Waals surface area contributed by atoms with Crippen LogP contribution in [0.25, 0.3) is 0 Å². The fourth-order valence-electron chi connectivity index (χ4n) is 1.75. The van der Waals surface area contributed by atoms with Crippen LogP contribution in [-0.2, 0) is 33.8 Å². The molecule has 0 aliphatic heterocycles. The smallest absolute Gasteiger partial charge is 0.726 e. The average Bonchev–Trinajstić information content (AvgIpc) is 2.70. The van der Waals surface area contributed by atoms with Gasteiger partial charge in [0.25, 0.3) is 23.9 Å². The van der Waals surface area contributed by atoms with E-state index in [1.165, 1.54) is 44.9 Å². The van der Waals surface area contributed by atoms with Gasteiger partial charge in [0.15, 0.2) is 0 Å². The number of carboxylic acids is 4. The first-order valence-corrected chi connectivity index (χ1v) is 13.0. The fraction of sp³-hybridized carbons (Fsp3) is 0.818. The number of carbonyl (C=O) groups is 4. The third kappa shape index (κ3) is 210. The molecule has 0 amide bonds. The number of nitrogens with two attached hydrogens (primary N) is 2. The second-order valence-electron chi connectivity index (χ2n) is 7.07. The largest absolute Gasteiger partial charge is 1.00 e. The van der Waals surface area contributed by atoms with Crippen LogP contribution in [0.2, 0.25) is 0 Å². The predicted octanol–water partition coefficient (Wildman–Crippen LogP) is -0.344. The van der Waals surface area contributed by atoms with Crippen LogP contribution in [0.3, 0.4) is 0 Å². The summed E-state index contributed by atoms with van der Waals surface area (Å²) in [6.07, 6.45) is 11.7. The van der Waals surface area contributed by atoms with Gasteiger partial charge in [0.2, 0.25) is 10.4 Å². The van der Waals surface area contributed by atoms with Crippen molar-refractivity contribution in [3.8, 4) is 0 Å². The van der Waals surface area contributed by atoms with Crippen LogP contribution < -0.4 is 41.0 Å². The monoisotopic (exact) mass is 588 g/mol. The minimum absolute atomic E-state index is 0. The second-order valence-corrected chi connectivity index (χ2v) is 8.12. The molecule has 0 unspecified atom stereocenters. The van der Waals surface area contributed by atoms with Crippen molar-refractivity contribution in [2.45, 2.75) is 98.8 Å². The van der Waals surface area contributed by atoms with E-state index in [9.17, 15) is 13.0 Å². The molecule has 0 aliphatic carbocycles. The minimum Gasteiger partial charge on any atom is -0.726 e. The van der Waals surface area contributed by atoms with Crippen LogP contribution in [-0.4, -0.2) is 77.0 Å². The topological polar surface area (TPSA) is 268 Å². The van der Waals surface area contributed by atoms with Crippen molar-refractivity contribution in [3.05, 3.63) is 0 Å². The number of rotatable bonds is 13. The van der Waals surface area contributed by atoms with Crippen LogP contribution in [0.4, 0.5) is 0 Å². The van der Waals surface area contributed by atoms with E-state index in [1.54, 1.807) is 0 Å². The molecule has 0 aromatic rings. The molecular weight excluding hydrogens is 539 g/mol. The van der Waals surface area contributed by atoms with E-state index in [-0.39, 0.29) is 36.2 Å². The van der Waals surface area contributed by atoms with E-state index in [0.29, 0.717) is 19.5 Å². The van der Waals surface area contributed by atoms with Crippen LogP contribution >= 0.6 is 0 Å². The van der Waals surface area contributed by atoms with E-state index >= 15 is 0 Å². The minimum atomic E-state index is -4.48. The van der Waals surface area contributed by atoms with Crippen LogP contribution in [0.5, 0.6) is 0 Å². The maximum Gasteiger partial charge on any atom is 1.00 e. The molecule has 0 heterocycles. The van der Waals surface area contributed by atoms with E-state index in [1.807, 2.05) is 0 Å². The van der Waals surface area contributed by atoms with E-state index < -0.39 is 34.3 Å². The van der Waals surface area contributed by atoms with Crippen LogP contribution in [0, 0.1) is 0 Å². The summed E-state index contributed by atoms with van der Waals surface area (Å²) in [4.78, 5) is 36.0. The molecule has 0 fully saturated rings. The molecule has 0 atom stereocenters. The Morgan fingerprint density at radius 2 is 0.842 bits per heavy atom. The first kappa shape index (κ1) is 53.0. The maximum absolute atomic E-state index is 10.1. The Morgan fingerprint density at radius 3 is 1.03 bits per heavy atom. The molecule has 0 aromatic carbocycles. The zero-order valence-corrected chi connectivity index (χ0v) is 26.6. The first-order chi connectivity index (χ1) is 16.9. The van der Waals surface area contributed by atoms with Gasteiger partial charge in [0, 0.05) is 40.8 Å². The Bertz CT molecular complexity index is 555. The summed E-state index contributed by atoms with van der Waals surface area (Å²) >= 11 is 0. The number of aliphatic carboxylic acids is 4. The molecular formula is C22H49N2NaO12S. The normalized spacial score (nSPS) is 8.74. The fourth-order valence-corrected chi connectivity index (χ4v) is 2.07. The maximum atomic E-state index is 10.1. The Kier molecular flexibility index (Phi) is 63.6. The van der Waals surface area contributed by atoms with Gasteiger partial charge in [0.05, 0.1) is 6.61 Å². The molecule has 0 aromatic heterocycles. The van der Waals surface area contributed by atoms with Gasteiger partial charge in [-0.1, -0.05) is 64.7 Å². The van der Waals surface area contributed by atoms with Gasteiger partial charge in [-0.2, -0.15) is 0 Å². The summed E-state index contributed by atoms with van der Waals surface area (Å²) in [6, 6.07) is 0. The molecule has 16 heteroatoms. The first-order valence-electron chi connectivity index (χ1n) is 11.7. The summed E-state index contributed by atoms with van der Waals surface area (Å²) in [5, 5.41) is 29.7. The Balaban J connectivity index is -0.0000000746. The van der Waals surface area contributed by atoms with Crippen molar-refractivity contribution in [1.82, 2.24) is 0 Å². The van der Waals surface area contributed by atoms with Crippen LogP contribution in [0.1, 0.15) is 98.8 Å². The summed E-state index contributed by atoms with van der Waals surface area (Å²) in [7, 11) is -4.48. The third-order valence-electron chi connectivity index (χ3n) is 2.89. The van der Waals surface area contributed by atoms with E-state index in [2.05, 4.69) is 11.1 Å². The predicted molar refractivity (Wildman–Crippen MR) is 139 cm³/mol. The van der Waals surface area contributed by atoms with Crippen molar-refractivity contribution < 1.29 is 86.3 Å². The summed E-state index contributed by atoms with van der Waals surface area (Å²) in [6.45, 7) is 7.77. The van der Waals surface area contributed by atoms with Gasteiger partial charge in [-0.25, -0.2) is 8.42 Å². The average molecular weight is 589 g/mol. The molecule has 14 nitrogen and oxygen atoms in total. The summed E-state index contributed by atoms with van der Waals surface area (Å²) < 4.78 is 34.5. The van der Waals surface area contributed by atoms with Gasteiger partial charge >= 0.3 is 29.6 Å². The Morgan fingerprint density at radius 1 is 0.632 bits per heavy atom. The van der Waals surface area contributed by atoms with E-state index in [4.69, 9.17) is 51.1 Å². The van der Waals surface area contributed by atoms with Crippen molar-refractivity contribution in [3.63, 3.8) is 0 Å². The van der Waals surface area contributed by atoms with Crippen LogP contribution in [0.15, 0.2) is 0 Å². The standard InChI is InChI=1S/C12H26O4S.C2H8N2.4C2H4O2.Na/c1-2-3-4-5-6-7-8-9-10-11-12-16-17(13,14)15;3-1-2-4;4*1-2(3)4;/h2-12H2,1H3,(H,13,14,15);1-4H2;4*1H3,(H,3,4);/q;;;;;;+1/p-1. The number of carboxylic acid groups (broad SMARTS) is 4. The Hall–Kier alpha value is -1.33. The molecule has 226 valence electrons. The van der Waals surface area contributed by atoms with E-state index in [0.717, 1.165) is 40.5 Å². The zero-order valence-electron chi connectivity index (χ0n) is 23.8. The SMILES string of the molecule is CC(=O)O.CC(=O)O.CC(=O)O.CC(=O)O.CCCCCCCCCCCCOS(=O)(=O)[O-].NCCN.[Na+]. The molecule has 38 heavy (non-hydrogen) atoms. The number of hydrogen-bond acceptors (Lipinski definition) is 10. The Labute approximate surface area is 249 Å². The molecule has 0 saturated heterocycles. The quantitative estimate of drug-likeness (QED) is 0.0695. The summed E-state index contributed by atoms with van der Waals surface area (Å²) in [5.74, 6) is -3.33. The molecule has 0 radical (unpaired) electrons. The van der Waals surface area contributed by atoms with Gasteiger partial charge in [-0.3, -0.25) is 23.4 Å². The van der Waals surface area contributed by atoms with Crippen molar-refractivity contribution in [2.24, 2.45) is 11.5 Å². The molecule has 0 bridgehead atoms. The van der Waals surface area contributed by atoms with Gasteiger partial charge < -0.3 is 36.4 Å². The molecule has 0 aliphatic rings.